The van der Waals surface area contributed by atoms with Crippen molar-refractivity contribution in [3.63, 3.8) is 0 Å². The first-order valence-corrected chi connectivity index (χ1v) is 6.23. The summed E-state index contributed by atoms with van der Waals surface area (Å²) in [6.07, 6.45) is 3.16. The van der Waals surface area contributed by atoms with E-state index in [0.717, 1.165) is 11.3 Å². The minimum Gasteiger partial charge on any atom is -0.492 e. The smallest absolute Gasteiger partial charge is 0.347 e. The van der Waals surface area contributed by atoms with Crippen LogP contribution < -0.4 is 16.2 Å². The van der Waals surface area contributed by atoms with Crippen molar-refractivity contribution in [2.45, 2.75) is 6.54 Å². The van der Waals surface area contributed by atoms with Gasteiger partial charge in [-0.3, -0.25) is 4.57 Å². The third-order valence-corrected chi connectivity index (χ3v) is 2.57. The van der Waals surface area contributed by atoms with Crippen LogP contribution >= 0.6 is 0 Å². The Kier molecular flexibility index (Phi) is 4.93. The normalized spacial score (nSPS) is 9.65. The SMILES string of the molecule is NCC#Cc1ccc(OCCn2cccnc2=O)cc1. The summed E-state index contributed by atoms with van der Waals surface area (Å²) in [4.78, 5) is 15.0. The maximum Gasteiger partial charge on any atom is 0.347 e. The minimum atomic E-state index is -0.275. The first-order valence-electron chi connectivity index (χ1n) is 6.23. The van der Waals surface area contributed by atoms with Crippen molar-refractivity contribution in [3.05, 3.63) is 58.8 Å². The quantitative estimate of drug-likeness (QED) is 0.827. The lowest BCUT2D eigenvalue weighted by Crippen LogP contribution is -2.24. The standard InChI is InChI=1S/C15H15N3O2/c16-8-1-3-13-4-6-14(7-5-13)20-12-11-18-10-2-9-17-15(18)19/h2,4-7,9-10H,8,11-12,16H2. The van der Waals surface area contributed by atoms with Crippen molar-refractivity contribution in [3.8, 4) is 17.6 Å². The molecule has 0 saturated carbocycles. The number of nitrogens with zero attached hydrogens (tertiary/aromatic N) is 2. The highest BCUT2D eigenvalue weighted by Gasteiger charge is 1.97. The molecule has 0 spiro atoms. The number of benzene rings is 1. The molecule has 2 aromatic rings. The van der Waals surface area contributed by atoms with Crippen molar-refractivity contribution >= 4 is 0 Å². The second-order valence-corrected chi connectivity index (χ2v) is 3.97. The lowest BCUT2D eigenvalue weighted by molar-refractivity contribution is 0.295. The topological polar surface area (TPSA) is 70.1 Å². The van der Waals surface area contributed by atoms with Crippen LogP contribution in [0.5, 0.6) is 5.75 Å². The molecule has 5 heteroatoms. The maximum absolute atomic E-state index is 11.4. The molecule has 0 saturated heterocycles. The molecule has 20 heavy (non-hydrogen) atoms. The Morgan fingerprint density at radius 3 is 2.80 bits per heavy atom. The molecular weight excluding hydrogens is 254 g/mol. The van der Waals surface area contributed by atoms with Gasteiger partial charge in [0.15, 0.2) is 0 Å². The van der Waals surface area contributed by atoms with E-state index in [9.17, 15) is 4.79 Å². The second-order valence-electron chi connectivity index (χ2n) is 3.97. The molecule has 0 aliphatic heterocycles. The number of hydrogen-bond acceptors (Lipinski definition) is 4. The highest BCUT2D eigenvalue weighted by atomic mass is 16.5. The summed E-state index contributed by atoms with van der Waals surface area (Å²) in [5.41, 5.74) is 5.93. The van der Waals surface area contributed by atoms with E-state index in [0.29, 0.717) is 19.7 Å². The van der Waals surface area contributed by atoms with Crippen LogP contribution in [0.15, 0.2) is 47.5 Å². The van der Waals surface area contributed by atoms with Crippen molar-refractivity contribution in [2.24, 2.45) is 5.73 Å². The van der Waals surface area contributed by atoms with Crippen molar-refractivity contribution in [1.29, 1.82) is 0 Å². The summed E-state index contributed by atoms with van der Waals surface area (Å²) in [6.45, 7) is 1.21. The third-order valence-electron chi connectivity index (χ3n) is 2.57. The summed E-state index contributed by atoms with van der Waals surface area (Å²) >= 11 is 0. The molecule has 0 unspecified atom stereocenters. The van der Waals surface area contributed by atoms with Crippen molar-refractivity contribution in [1.82, 2.24) is 9.55 Å². The minimum absolute atomic E-state index is 0.275. The van der Waals surface area contributed by atoms with Gasteiger partial charge < -0.3 is 10.5 Å². The molecule has 1 aromatic carbocycles. The Hall–Kier alpha value is -2.58. The van der Waals surface area contributed by atoms with E-state index in [1.54, 1.807) is 12.3 Å². The van der Waals surface area contributed by atoms with Gasteiger partial charge in [0.25, 0.3) is 0 Å². The molecule has 0 fully saturated rings. The van der Waals surface area contributed by atoms with E-state index in [-0.39, 0.29) is 5.69 Å². The predicted molar refractivity (Wildman–Crippen MR) is 76.4 cm³/mol. The van der Waals surface area contributed by atoms with E-state index in [2.05, 4.69) is 16.8 Å². The van der Waals surface area contributed by atoms with E-state index in [4.69, 9.17) is 10.5 Å². The van der Waals surface area contributed by atoms with E-state index < -0.39 is 0 Å². The first kappa shape index (κ1) is 13.8. The molecule has 2 N–H and O–H groups in total. The average molecular weight is 269 g/mol. The van der Waals surface area contributed by atoms with Crippen LogP contribution in [0.25, 0.3) is 0 Å². The monoisotopic (exact) mass is 269 g/mol. The largest absolute Gasteiger partial charge is 0.492 e. The Morgan fingerprint density at radius 2 is 2.10 bits per heavy atom. The van der Waals surface area contributed by atoms with Gasteiger partial charge in [0.1, 0.15) is 12.4 Å². The van der Waals surface area contributed by atoms with Gasteiger partial charge in [-0.1, -0.05) is 11.8 Å². The van der Waals surface area contributed by atoms with E-state index in [1.165, 1.54) is 10.8 Å². The molecule has 1 heterocycles. The predicted octanol–water partition coefficient (Wildman–Crippen LogP) is 0.632. The van der Waals surface area contributed by atoms with Crippen LogP contribution in [0.4, 0.5) is 0 Å². The van der Waals surface area contributed by atoms with E-state index in [1.807, 2.05) is 24.3 Å². The van der Waals surface area contributed by atoms with Gasteiger partial charge in [0.2, 0.25) is 0 Å². The lowest BCUT2D eigenvalue weighted by Gasteiger charge is -2.07. The van der Waals surface area contributed by atoms with Crippen LogP contribution in [0.2, 0.25) is 0 Å². The molecule has 102 valence electrons. The van der Waals surface area contributed by atoms with Gasteiger partial charge >= 0.3 is 5.69 Å². The fourth-order valence-electron chi connectivity index (χ4n) is 1.61. The zero-order chi connectivity index (χ0) is 14.2. The van der Waals surface area contributed by atoms with Crippen molar-refractivity contribution < 1.29 is 4.74 Å². The summed E-state index contributed by atoms with van der Waals surface area (Å²) in [5.74, 6) is 6.46. The van der Waals surface area contributed by atoms with Crippen LogP contribution in [0.3, 0.4) is 0 Å². The summed E-state index contributed by atoms with van der Waals surface area (Å²) < 4.78 is 7.07. The van der Waals surface area contributed by atoms with Gasteiger partial charge in [-0.05, 0) is 30.3 Å². The molecule has 5 nitrogen and oxygen atoms in total. The second kappa shape index (κ2) is 7.12. The summed E-state index contributed by atoms with van der Waals surface area (Å²) in [6, 6.07) is 9.13. The summed E-state index contributed by atoms with van der Waals surface area (Å²) in [5, 5.41) is 0. The van der Waals surface area contributed by atoms with E-state index >= 15 is 0 Å². The zero-order valence-electron chi connectivity index (χ0n) is 11.0. The molecule has 0 aliphatic rings. The van der Waals surface area contributed by atoms with Crippen molar-refractivity contribution in [2.75, 3.05) is 13.2 Å². The van der Waals surface area contributed by atoms with Crippen LogP contribution in [-0.4, -0.2) is 22.7 Å². The number of hydrogen-bond donors (Lipinski definition) is 1. The first-order chi connectivity index (χ1) is 9.79. The molecular formula is C15H15N3O2. The van der Waals surface area contributed by atoms with Gasteiger partial charge in [0.05, 0.1) is 13.1 Å². The number of nitrogens with two attached hydrogens (primary N) is 1. The van der Waals surface area contributed by atoms with Gasteiger partial charge in [-0.2, -0.15) is 0 Å². The Labute approximate surface area is 117 Å². The molecule has 0 atom stereocenters. The fourth-order valence-corrected chi connectivity index (χ4v) is 1.61. The fraction of sp³-hybridized carbons (Fsp3) is 0.200. The highest BCUT2D eigenvalue weighted by Crippen LogP contribution is 2.11. The zero-order valence-corrected chi connectivity index (χ0v) is 11.0. The van der Waals surface area contributed by atoms with Crippen LogP contribution in [-0.2, 0) is 6.54 Å². The molecule has 1 aromatic heterocycles. The lowest BCUT2D eigenvalue weighted by atomic mass is 10.2. The Balaban J connectivity index is 1.88. The van der Waals surface area contributed by atoms with Gasteiger partial charge in [0, 0.05) is 18.0 Å². The Bertz CT molecular complexity index is 666. The average Bonchev–Trinajstić information content (AvgIpc) is 2.48. The molecule has 0 radical (unpaired) electrons. The number of aromatic nitrogens is 2. The molecule has 0 bridgehead atoms. The number of ether oxygens (including phenoxy) is 1. The van der Waals surface area contributed by atoms with Crippen LogP contribution in [0, 0.1) is 11.8 Å². The summed E-state index contributed by atoms with van der Waals surface area (Å²) in [7, 11) is 0. The Morgan fingerprint density at radius 1 is 1.30 bits per heavy atom. The van der Waals surface area contributed by atoms with Gasteiger partial charge in [-0.25, -0.2) is 9.78 Å². The molecule has 2 rings (SSSR count). The highest BCUT2D eigenvalue weighted by molar-refractivity contribution is 5.38. The molecule has 0 aliphatic carbocycles. The maximum atomic E-state index is 11.4. The third kappa shape index (κ3) is 3.97. The number of rotatable bonds is 4. The molecule has 0 amide bonds. The van der Waals surface area contributed by atoms with Crippen LogP contribution in [0.1, 0.15) is 5.56 Å². The van der Waals surface area contributed by atoms with Gasteiger partial charge in [-0.15, -0.1) is 0 Å².